The molecular formula is C17H20N2O4S. The number of rotatable bonds is 4. The van der Waals surface area contributed by atoms with Crippen molar-refractivity contribution in [3.8, 4) is 5.75 Å². The van der Waals surface area contributed by atoms with Gasteiger partial charge in [0.05, 0.1) is 4.90 Å². The van der Waals surface area contributed by atoms with Crippen molar-refractivity contribution in [2.45, 2.75) is 31.2 Å². The van der Waals surface area contributed by atoms with E-state index in [1.807, 2.05) is 0 Å². The first-order valence-electron chi connectivity index (χ1n) is 7.31. The molecule has 2 aromatic rings. The lowest BCUT2D eigenvalue weighted by molar-refractivity contribution is 0.102. The van der Waals surface area contributed by atoms with E-state index in [4.69, 9.17) is 0 Å². The highest BCUT2D eigenvalue weighted by molar-refractivity contribution is 7.89. The Bertz CT molecular complexity index is 838. The third kappa shape index (κ3) is 4.81. The maximum absolute atomic E-state index is 12.2. The van der Waals surface area contributed by atoms with Gasteiger partial charge in [-0.05, 0) is 57.2 Å². The summed E-state index contributed by atoms with van der Waals surface area (Å²) in [5, 5.41) is 12.0. The fraction of sp³-hybridized carbons (Fsp3) is 0.235. The maximum atomic E-state index is 12.2. The Morgan fingerprint density at radius 1 is 1.04 bits per heavy atom. The van der Waals surface area contributed by atoms with Crippen molar-refractivity contribution in [2.24, 2.45) is 0 Å². The summed E-state index contributed by atoms with van der Waals surface area (Å²) in [5.41, 5.74) is 0.170. The Balaban J connectivity index is 2.16. The monoisotopic (exact) mass is 348 g/mol. The zero-order valence-electron chi connectivity index (χ0n) is 13.7. The lowest BCUT2D eigenvalue weighted by Gasteiger charge is -2.20. The molecule has 0 aliphatic heterocycles. The number of sulfonamides is 1. The number of hydrogen-bond donors (Lipinski definition) is 3. The van der Waals surface area contributed by atoms with Gasteiger partial charge in [0.2, 0.25) is 10.0 Å². The first-order valence-corrected chi connectivity index (χ1v) is 8.80. The summed E-state index contributed by atoms with van der Waals surface area (Å²) in [6.07, 6.45) is 0. The van der Waals surface area contributed by atoms with Gasteiger partial charge >= 0.3 is 0 Å². The van der Waals surface area contributed by atoms with Gasteiger partial charge in [-0.25, -0.2) is 13.1 Å². The normalized spacial score (nSPS) is 12.0. The molecule has 0 unspecified atom stereocenters. The van der Waals surface area contributed by atoms with Crippen LogP contribution < -0.4 is 10.0 Å². The third-order valence-electron chi connectivity index (χ3n) is 2.97. The largest absolute Gasteiger partial charge is 0.508 e. The molecule has 0 aliphatic rings. The van der Waals surface area contributed by atoms with Crippen molar-refractivity contribution in [3.63, 3.8) is 0 Å². The molecule has 7 heteroatoms. The summed E-state index contributed by atoms with van der Waals surface area (Å²) < 4.78 is 27.0. The molecule has 2 aromatic carbocycles. The Morgan fingerprint density at radius 2 is 1.67 bits per heavy atom. The van der Waals surface area contributed by atoms with Gasteiger partial charge in [-0.15, -0.1) is 0 Å². The first-order chi connectivity index (χ1) is 11.1. The van der Waals surface area contributed by atoms with Gasteiger partial charge in [-0.1, -0.05) is 6.07 Å². The van der Waals surface area contributed by atoms with E-state index in [1.54, 1.807) is 32.9 Å². The second-order valence-electron chi connectivity index (χ2n) is 6.38. The molecule has 0 spiro atoms. The zero-order valence-corrected chi connectivity index (χ0v) is 14.5. The lowest BCUT2D eigenvalue weighted by atomic mass is 10.1. The Kier molecular flexibility index (Phi) is 4.96. The van der Waals surface area contributed by atoms with Gasteiger partial charge in [0.1, 0.15) is 5.75 Å². The van der Waals surface area contributed by atoms with Crippen molar-refractivity contribution in [1.82, 2.24) is 4.72 Å². The molecule has 0 saturated carbocycles. The molecular weight excluding hydrogens is 328 g/mol. The van der Waals surface area contributed by atoms with Crippen molar-refractivity contribution < 1.29 is 18.3 Å². The molecule has 24 heavy (non-hydrogen) atoms. The number of nitrogens with one attached hydrogen (secondary N) is 2. The van der Waals surface area contributed by atoms with Crippen LogP contribution in [-0.2, 0) is 10.0 Å². The SMILES string of the molecule is CC(C)(C)NS(=O)(=O)c1ccc(C(=O)Nc2cccc(O)c2)cc1. The van der Waals surface area contributed by atoms with Crippen LogP contribution in [-0.4, -0.2) is 25.0 Å². The topological polar surface area (TPSA) is 95.5 Å². The van der Waals surface area contributed by atoms with Crippen molar-refractivity contribution in [2.75, 3.05) is 5.32 Å². The second-order valence-corrected chi connectivity index (χ2v) is 8.07. The van der Waals surface area contributed by atoms with E-state index in [2.05, 4.69) is 10.0 Å². The van der Waals surface area contributed by atoms with E-state index in [0.717, 1.165) is 0 Å². The number of carbonyl (C=O) groups excluding carboxylic acids is 1. The number of carbonyl (C=O) groups is 1. The van der Waals surface area contributed by atoms with Gasteiger partial charge < -0.3 is 10.4 Å². The van der Waals surface area contributed by atoms with Crippen molar-refractivity contribution >= 4 is 21.6 Å². The number of hydrogen-bond acceptors (Lipinski definition) is 4. The predicted molar refractivity (Wildman–Crippen MR) is 92.6 cm³/mol. The molecule has 0 bridgehead atoms. The minimum absolute atomic E-state index is 0.0440. The average Bonchev–Trinajstić information content (AvgIpc) is 2.45. The number of anilines is 1. The zero-order chi connectivity index (χ0) is 18.0. The minimum atomic E-state index is -3.64. The summed E-state index contributed by atoms with van der Waals surface area (Å²) in [4.78, 5) is 12.2. The number of phenolic OH excluding ortho intramolecular Hbond substituents is 1. The maximum Gasteiger partial charge on any atom is 0.255 e. The molecule has 0 radical (unpaired) electrons. The molecule has 1 amide bonds. The minimum Gasteiger partial charge on any atom is -0.508 e. The van der Waals surface area contributed by atoms with E-state index in [-0.39, 0.29) is 10.6 Å². The van der Waals surface area contributed by atoms with E-state index >= 15 is 0 Å². The summed E-state index contributed by atoms with van der Waals surface area (Å²) >= 11 is 0. The summed E-state index contributed by atoms with van der Waals surface area (Å²) in [6.45, 7) is 5.25. The standard InChI is InChI=1S/C17H20N2O4S/c1-17(2,3)19-24(22,23)15-9-7-12(8-10-15)16(21)18-13-5-4-6-14(20)11-13/h4-11,19-20H,1-3H3,(H,18,21). The summed E-state index contributed by atoms with van der Waals surface area (Å²) in [5.74, 6) is -0.351. The molecule has 3 N–H and O–H groups in total. The molecule has 0 fully saturated rings. The van der Waals surface area contributed by atoms with Crippen LogP contribution >= 0.6 is 0 Å². The van der Waals surface area contributed by atoms with Crippen molar-refractivity contribution in [1.29, 1.82) is 0 Å². The van der Waals surface area contributed by atoms with E-state index in [0.29, 0.717) is 11.3 Å². The molecule has 2 rings (SSSR count). The summed E-state index contributed by atoms with van der Waals surface area (Å²) in [6, 6.07) is 11.8. The summed E-state index contributed by atoms with van der Waals surface area (Å²) in [7, 11) is -3.64. The third-order valence-corrected chi connectivity index (χ3v) is 4.75. The molecule has 0 atom stereocenters. The van der Waals surface area contributed by atoms with Crippen LogP contribution in [0.25, 0.3) is 0 Å². The van der Waals surface area contributed by atoms with Gasteiger partial charge in [-0.2, -0.15) is 0 Å². The second kappa shape index (κ2) is 6.62. The quantitative estimate of drug-likeness (QED) is 0.791. The highest BCUT2D eigenvalue weighted by Gasteiger charge is 2.22. The van der Waals surface area contributed by atoms with Crippen LogP contribution in [0.2, 0.25) is 0 Å². The van der Waals surface area contributed by atoms with Crippen LogP contribution in [0.3, 0.4) is 0 Å². The fourth-order valence-electron chi connectivity index (χ4n) is 2.03. The Hall–Kier alpha value is -2.38. The highest BCUT2D eigenvalue weighted by Crippen LogP contribution is 2.18. The number of phenols is 1. The number of amides is 1. The number of benzene rings is 2. The molecule has 0 aromatic heterocycles. The molecule has 0 saturated heterocycles. The van der Waals surface area contributed by atoms with Gasteiger partial charge in [0.25, 0.3) is 5.91 Å². The average molecular weight is 348 g/mol. The van der Waals surface area contributed by atoms with E-state index < -0.39 is 21.5 Å². The van der Waals surface area contributed by atoms with E-state index in [1.165, 1.54) is 36.4 Å². The predicted octanol–water partition coefficient (Wildman–Crippen LogP) is 2.72. The van der Waals surface area contributed by atoms with Crippen LogP contribution in [0, 0.1) is 0 Å². The fourth-order valence-corrected chi connectivity index (χ4v) is 3.45. The smallest absolute Gasteiger partial charge is 0.255 e. The highest BCUT2D eigenvalue weighted by atomic mass is 32.2. The first kappa shape index (κ1) is 18.0. The van der Waals surface area contributed by atoms with Crippen molar-refractivity contribution in [3.05, 3.63) is 54.1 Å². The van der Waals surface area contributed by atoms with Crippen LogP contribution in [0.5, 0.6) is 5.75 Å². The molecule has 0 heterocycles. The van der Waals surface area contributed by atoms with Gasteiger partial charge in [0.15, 0.2) is 0 Å². The van der Waals surface area contributed by atoms with Gasteiger partial charge in [-0.3, -0.25) is 4.79 Å². The molecule has 6 nitrogen and oxygen atoms in total. The van der Waals surface area contributed by atoms with Crippen LogP contribution in [0.4, 0.5) is 5.69 Å². The lowest BCUT2D eigenvalue weighted by Crippen LogP contribution is -2.40. The van der Waals surface area contributed by atoms with E-state index in [9.17, 15) is 18.3 Å². The molecule has 128 valence electrons. The Labute approximate surface area is 141 Å². The Morgan fingerprint density at radius 3 is 2.21 bits per heavy atom. The number of aromatic hydroxyl groups is 1. The van der Waals surface area contributed by atoms with Crippen LogP contribution in [0.15, 0.2) is 53.4 Å². The van der Waals surface area contributed by atoms with Gasteiger partial charge in [0, 0.05) is 22.9 Å². The van der Waals surface area contributed by atoms with Crippen LogP contribution in [0.1, 0.15) is 31.1 Å². The molecule has 0 aliphatic carbocycles.